The van der Waals surface area contributed by atoms with E-state index in [1.807, 2.05) is 18.2 Å². The van der Waals surface area contributed by atoms with E-state index in [-0.39, 0.29) is 11.7 Å². The van der Waals surface area contributed by atoms with Crippen molar-refractivity contribution in [1.29, 1.82) is 0 Å². The first kappa shape index (κ1) is 19.2. The van der Waals surface area contributed by atoms with Gasteiger partial charge in [-0.1, -0.05) is 36.8 Å². The molecule has 0 bridgehead atoms. The molecule has 2 N–H and O–H groups in total. The molecule has 1 amide bonds. The maximum absolute atomic E-state index is 12.3. The molecule has 2 aromatic carbocycles. The van der Waals surface area contributed by atoms with Gasteiger partial charge in [0.25, 0.3) is 0 Å². The summed E-state index contributed by atoms with van der Waals surface area (Å²) < 4.78 is 0. The van der Waals surface area contributed by atoms with Crippen molar-refractivity contribution in [1.82, 2.24) is 4.90 Å². The van der Waals surface area contributed by atoms with Crippen LogP contribution in [-0.4, -0.2) is 35.5 Å². The lowest BCUT2D eigenvalue weighted by molar-refractivity contribution is -0.111. The molecule has 1 heterocycles. The number of benzene rings is 2. The number of aromatic hydroxyl groups is 1. The topological polar surface area (TPSA) is 52.6 Å². The first-order valence-corrected chi connectivity index (χ1v) is 9.68. The largest absolute Gasteiger partial charge is 0.508 e. The summed E-state index contributed by atoms with van der Waals surface area (Å²) in [6, 6.07) is 15.4. The van der Waals surface area contributed by atoms with Crippen LogP contribution in [0.15, 0.2) is 54.6 Å². The molecular formula is C23H28N2O2. The lowest BCUT2D eigenvalue weighted by Gasteiger charge is -2.32. The minimum atomic E-state index is -0.148. The number of phenolic OH excluding ortho intramolecular Hbond substituents is 1. The zero-order chi connectivity index (χ0) is 19.1. The highest BCUT2D eigenvalue weighted by molar-refractivity contribution is 6.02. The average Bonchev–Trinajstić information content (AvgIpc) is 2.68. The molecule has 4 heteroatoms. The normalized spacial score (nSPS) is 17.9. The van der Waals surface area contributed by atoms with Crippen molar-refractivity contribution >= 4 is 17.7 Å². The van der Waals surface area contributed by atoms with Crippen molar-refractivity contribution in [3.05, 3.63) is 65.7 Å². The number of amides is 1. The first-order valence-electron chi connectivity index (χ1n) is 9.68. The maximum Gasteiger partial charge on any atom is 0.248 e. The highest BCUT2D eigenvalue weighted by atomic mass is 16.3. The molecule has 1 fully saturated rings. The number of likely N-dealkylation sites (tertiary alicyclic amines) is 1. The molecule has 27 heavy (non-hydrogen) atoms. The van der Waals surface area contributed by atoms with Crippen LogP contribution in [0.1, 0.15) is 36.8 Å². The standard InChI is InChI=1S/C23H28N2O2/c1-25-17-5-4-7-20(25)13-12-19-6-2-3-8-22(19)24-23(27)16-11-18-9-14-21(26)15-10-18/h2-3,6,8-11,14-16,20,26H,4-5,7,12-13,17H2,1H3,(H,24,27). The number of nitrogens with zero attached hydrogens (tertiary/aromatic N) is 1. The van der Waals surface area contributed by atoms with Gasteiger partial charge in [0.05, 0.1) is 0 Å². The van der Waals surface area contributed by atoms with E-state index in [0.717, 1.165) is 24.1 Å². The second-order valence-corrected chi connectivity index (χ2v) is 7.24. The summed E-state index contributed by atoms with van der Waals surface area (Å²) in [7, 11) is 2.21. The second-order valence-electron chi connectivity index (χ2n) is 7.24. The van der Waals surface area contributed by atoms with E-state index in [0.29, 0.717) is 6.04 Å². The van der Waals surface area contributed by atoms with Gasteiger partial charge in [0.1, 0.15) is 5.75 Å². The number of hydrogen-bond donors (Lipinski definition) is 2. The molecule has 0 aliphatic carbocycles. The van der Waals surface area contributed by atoms with E-state index >= 15 is 0 Å². The van der Waals surface area contributed by atoms with Crippen LogP contribution in [0.5, 0.6) is 5.75 Å². The fourth-order valence-electron chi connectivity index (χ4n) is 3.62. The number of anilines is 1. The van der Waals surface area contributed by atoms with Crippen molar-refractivity contribution in [2.24, 2.45) is 0 Å². The third kappa shape index (κ3) is 5.69. The molecule has 4 nitrogen and oxygen atoms in total. The van der Waals surface area contributed by atoms with Gasteiger partial charge in [0, 0.05) is 17.8 Å². The minimum absolute atomic E-state index is 0.148. The van der Waals surface area contributed by atoms with Crippen LogP contribution in [0.4, 0.5) is 5.69 Å². The summed E-state index contributed by atoms with van der Waals surface area (Å²) in [6.07, 6.45) is 9.23. The predicted molar refractivity (Wildman–Crippen MR) is 111 cm³/mol. The summed E-state index contributed by atoms with van der Waals surface area (Å²) in [5.41, 5.74) is 2.94. The zero-order valence-electron chi connectivity index (χ0n) is 15.9. The van der Waals surface area contributed by atoms with Crippen LogP contribution in [0.25, 0.3) is 6.08 Å². The van der Waals surface area contributed by atoms with E-state index in [2.05, 4.69) is 23.3 Å². The SMILES string of the molecule is CN1CCCCC1CCc1ccccc1NC(=O)C=Cc1ccc(O)cc1. The van der Waals surface area contributed by atoms with Crippen molar-refractivity contribution in [2.45, 2.75) is 38.1 Å². The van der Waals surface area contributed by atoms with Crippen LogP contribution >= 0.6 is 0 Å². The lowest BCUT2D eigenvalue weighted by atomic mass is 9.96. The van der Waals surface area contributed by atoms with E-state index < -0.39 is 0 Å². The molecule has 142 valence electrons. The van der Waals surface area contributed by atoms with Crippen LogP contribution in [0.3, 0.4) is 0 Å². The first-order chi connectivity index (χ1) is 13.1. The van der Waals surface area contributed by atoms with E-state index in [9.17, 15) is 9.90 Å². The van der Waals surface area contributed by atoms with Crippen LogP contribution in [0.2, 0.25) is 0 Å². The molecule has 0 spiro atoms. The average molecular weight is 364 g/mol. The Labute approximate surface area is 161 Å². The van der Waals surface area contributed by atoms with Crippen molar-refractivity contribution < 1.29 is 9.90 Å². The van der Waals surface area contributed by atoms with Gasteiger partial charge in [-0.05, 0) is 74.7 Å². The molecule has 0 aromatic heterocycles. The molecule has 0 radical (unpaired) electrons. The van der Waals surface area contributed by atoms with Crippen LogP contribution < -0.4 is 5.32 Å². The molecule has 1 aliphatic heterocycles. The summed E-state index contributed by atoms with van der Waals surface area (Å²) in [5.74, 6) is 0.0689. The Balaban J connectivity index is 1.59. The number of para-hydroxylation sites is 1. The van der Waals surface area contributed by atoms with Crippen molar-refractivity contribution in [3.8, 4) is 5.75 Å². The molecule has 1 atom stereocenters. The minimum Gasteiger partial charge on any atom is -0.508 e. The summed E-state index contributed by atoms with van der Waals surface area (Å²) in [5, 5.41) is 12.3. The number of nitrogens with one attached hydrogen (secondary N) is 1. The number of carbonyl (C=O) groups excluding carboxylic acids is 1. The Bertz CT molecular complexity index is 783. The van der Waals surface area contributed by atoms with Gasteiger partial charge in [-0.3, -0.25) is 4.79 Å². The fraction of sp³-hybridized carbons (Fsp3) is 0.348. The highest BCUT2D eigenvalue weighted by Gasteiger charge is 2.18. The number of piperidine rings is 1. The smallest absolute Gasteiger partial charge is 0.248 e. The molecular weight excluding hydrogens is 336 g/mol. The third-order valence-electron chi connectivity index (χ3n) is 5.26. The quantitative estimate of drug-likeness (QED) is 0.744. The van der Waals surface area contributed by atoms with Crippen molar-refractivity contribution in [3.63, 3.8) is 0 Å². The monoisotopic (exact) mass is 364 g/mol. The van der Waals surface area contributed by atoms with Gasteiger partial charge in [-0.25, -0.2) is 0 Å². The fourth-order valence-corrected chi connectivity index (χ4v) is 3.62. The summed E-state index contributed by atoms with van der Waals surface area (Å²) in [4.78, 5) is 14.8. The Morgan fingerprint density at radius 1 is 1.19 bits per heavy atom. The molecule has 3 rings (SSSR count). The van der Waals surface area contributed by atoms with Crippen molar-refractivity contribution in [2.75, 3.05) is 18.9 Å². The Morgan fingerprint density at radius 3 is 2.74 bits per heavy atom. The Kier molecular flexibility index (Phi) is 6.66. The maximum atomic E-state index is 12.3. The van der Waals surface area contributed by atoms with E-state index in [4.69, 9.17) is 0 Å². The van der Waals surface area contributed by atoms with Gasteiger partial charge in [0.15, 0.2) is 0 Å². The number of carbonyl (C=O) groups is 1. The van der Waals surface area contributed by atoms with Gasteiger partial charge in [-0.15, -0.1) is 0 Å². The molecule has 2 aromatic rings. The highest BCUT2D eigenvalue weighted by Crippen LogP contribution is 2.23. The van der Waals surface area contributed by atoms with E-state index in [1.54, 1.807) is 30.3 Å². The number of phenols is 1. The number of rotatable bonds is 6. The van der Waals surface area contributed by atoms with Gasteiger partial charge in [0.2, 0.25) is 5.91 Å². The molecule has 1 aliphatic rings. The van der Waals surface area contributed by atoms with Crippen LogP contribution in [-0.2, 0) is 11.2 Å². The number of aryl methyl sites for hydroxylation is 1. The number of hydrogen-bond acceptors (Lipinski definition) is 3. The van der Waals surface area contributed by atoms with Crippen LogP contribution in [0, 0.1) is 0 Å². The molecule has 1 saturated heterocycles. The summed E-state index contributed by atoms with van der Waals surface area (Å²) >= 11 is 0. The summed E-state index contributed by atoms with van der Waals surface area (Å²) in [6.45, 7) is 1.19. The molecule has 1 unspecified atom stereocenters. The van der Waals surface area contributed by atoms with Gasteiger partial charge in [-0.2, -0.15) is 0 Å². The lowest BCUT2D eigenvalue weighted by Crippen LogP contribution is -2.36. The Morgan fingerprint density at radius 2 is 1.96 bits per heavy atom. The second kappa shape index (κ2) is 9.38. The zero-order valence-corrected chi connectivity index (χ0v) is 15.9. The van der Waals surface area contributed by atoms with Gasteiger partial charge < -0.3 is 15.3 Å². The molecule has 0 saturated carbocycles. The van der Waals surface area contributed by atoms with E-state index in [1.165, 1.54) is 37.4 Å². The Hall–Kier alpha value is -2.59. The predicted octanol–water partition coefficient (Wildman–Crippen LogP) is 4.46. The van der Waals surface area contributed by atoms with Gasteiger partial charge >= 0.3 is 0 Å². The third-order valence-corrected chi connectivity index (χ3v) is 5.26.